The molecule has 0 aromatic heterocycles. The number of hydrogen-bond donors (Lipinski definition) is 1. The summed E-state index contributed by atoms with van der Waals surface area (Å²) in [5, 5.41) is 2.94. The number of para-hydroxylation sites is 1. The van der Waals surface area contributed by atoms with Gasteiger partial charge in [-0.25, -0.2) is 0 Å². The Morgan fingerprint density at radius 1 is 0.926 bits per heavy atom. The van der Waals surface area contributed by atoms with E-state index in [9.17, 15) is 9.59 Å². The van der Waals surface area contributed by atoms with E-state index >= 15 is 0 Å². The molecule has 2 aliphatic rings. The highest BCUT2D eigenvalue weighted by Crippen LogP contribution is 2.25. The molecule has 1 saturated heterocycles. The molecule has 1 atom stereocenters. The average molecular weight is 363 g/mol. The van der Waals surface area contributed by atoms with Gasteiger partial charge in [-0.3, -0.25) is 14.5 Å². The smallest absolute Gasteiger partial charge is 0.240 e. The maximum Gasteiger partial charge on any atom is 0.240 e. The van der Waals surface area contributed by atoms with Crippen molar-refractivity contribution in [3.05, 3.63) is 65.7 Å². The van der Waals surface area contributed by atoms with Crippen LogP contribution in [0.5, 0.6) is 0 Å². The topological polar surface area (TPSA) is 52.7 Å². The molecule has 0 bridgehead atoms. The quantitative estimate of drug-likeness (QED) is 0.909. The molecule has 0 unspecified atom stereocenters. The summed E-state index contributed by atoms with van der Waals surface area (Å²) in [7, 11) is 0. The molecule has 5 nitrogen and oxygen atoms in total. The first-order chi connectivity index (χ1) is 13.2. The van der Waals surface area contributed by atoms with E-state index in [0.717, 1.165) is 31.6 Å². The lowest BCUT2D eigenvalue weighted by Crippen LogP contribution is -2.52. The summed E-state index contributed by atoms with van der Waals surface area (Å²) in [6.07, 6.45) is 2.82. The molecule has 4 rings (SSSR count). The number of benzene rings is 2. The largest absolute Gasteiger partial charge is 0.341 e. The van der Waals surface area contributed by atoms with Gasteiger partial charge in [0.05, 0.1) is 12.6 Å². The van der Waals surface area contributed by atoms with Crippen molar-refractivity contribution >= 4 is 17.5 Å². The van der Waals surface area contributed by atoms with E-state index in [4.69, 9.17) is 0 Å². The molecule has 0 radical (unpaired) electrons. The number of carbonyl (C=O) groups excluding carboxylic acids is 2. The second kappa shape index (κ2) is 7.92. The van der Waals surface area contributed by atoms with Crippen LogP contribution in [0.4, 0.5) is 5.69 Å². The van der Waals surface area contributed by atoms with Crippen LogP contribution in [0.15, 0.2) is 54.6 Å². The predicted molar refractivity (Wildman–Crippen MR) is 105 cm³/mol. The van der Waals surface area contributed by atoms with E-state index in [1.165, 1.54) is 11.1 Å². The Morgan fingerprint density at radius 3 is 2.33 bits per heavy atom. The molecule has 0 saturated carbocycles. The monoisotopic (exact) mass is 363 g/mol. The van der Waals surface area contributed by atoms with E-state index in [1.807, 2.05) is 52.3 Å². The second-order valence-electron chi connectivity index (χ2n) is 7.34. The molecular formula is C22H25N3O2. The van der Waals surface area contributed by atoms with Crippen molar-refractivity contribution in [2.75, 3.05) is 25.0 Å². The van der Waals surface area contributed by atoms with Gasteiger partial charge >= 0.3 is 0 Å². The fraction of sp³-hybridized carbons (Fsp3) is 0.364. The van der Waals surface area contributed by atoms with Gasteiger partial charge in [-0.15, -0.1) is 0 Å². The maximum absolute atomic E-state index is 13.1. The number of rotatable bonds is 4. The summed E-state index contributed by atoms with van der Waals surface area (Å²) in [5.74, 6) is 0.0781. The Kier molecular flexibility index (Phi) is 5.21. The third-order valence-corrected chi connectivity index (χ3v) is 5.45. The third-order valence-electron chi connectivity index (χ3n) is 5.45. The highest BCUT2D eigenvalue weighted by molar-refractivity contribution is 5.93. The Bertz CT molecular complexity index is 815. The molecule has 0 aliphatic carbocycles. The van der Waals surface area contributed by atoms with Crippen LogP contribution in [0, 0.1) is 0 Å². The summed E-state index contributed by atoms with van der Waals surface area (Å²) >= 11 is 0. The minimum absolute atomic E-state index is 0.0835. The highest BCUT2D eigenvalue weighted by atomic mass is 16.2. The Labute approximate surface area is 160 Å². The number of hydrogen-bond acceptors (Lipinski definition) is 3. The van der Waals surface area contributed by atoms with Crippen molar-refractivity contribution in [1.82, 2.24) is 9.80 Å². The maximum atomic E-state index is 13.1. The summed E-state index contributed by atoms with van der Waals surface area (Å²) in [4.78, 5) is 29.7. The van der Waals surface area contributed by atoms with E-state index in [-0.39, 0.29) is 24.4 Å². The van der Waals surface area contributed by atoms with Gasteiger partial charge in [-0.2, -0.15) is 0 Å². The first-order valence-electron chi connectivity index (χ1n) is 9.65. The SMILES string of the molecule is O=C(CN1Cc2ccccc2C[C@@H]1C(=O)N1CCCC1)Nc1ccccc1. The molecule has 1 N–H and O–H groups in total. The lowest BCUT2D eigenvalue weighted by Gasteiger charge is -2.37. The van der Waals surface area contributed by atoms with Crippen LogP contribution in [0.25, 0.3) is 0 Å². The Morgan fingerprint density at radius 2 is 1.59 bits per heavy atom. The summed E-state index contributed by atoms with van der Waals surface area (Å²) < 4.78 is 0. The van der Waals surface area contributed by atoms with Crippen molar-refractivity contribution in [3.8, 4) is 0 Å². The van der Waals surface area contributed by atoms with Gasteiger partial charge in [-0.05, 0) is 42.5 Å². The van der Waals surface area contributed by atoms with Crippen LogP contribution >= 0.6 is 0 Å². The van der Waals surface area contributed by atoms with Crippen molar-refractivity contribution in [1.29, 1.82) is 0 Å². The molecular weight excluding hydrogens is 338 g/mol. The lowest BCUT2D eigenvalue weighted by atomic mass is 9.93. The van der Waals surface area contributed by atoms with Gasteiger partial charge in [0.15, 0.2) is 0 Å². The number of fused-ring (bicyclic) bond motifs is 1. The standard InChI is InChI=1S/C22H25N3O2/c26-21(23-19-10-2-1-3-11-19)16-25-15-18-9-5-4-8-17(18)14-20(25)22(27)24-12-6-7-13-24/h1-5,8-11,20H,6-7,12-16H2,(H,23,26)/t20-/m1/s1. The van der Waals surface area contributed by atoms with Gasteiger partial charge in [0, 0.05) is 25.3 Å². The van der Waals surface area contributed by atoms with E-state index in [2.05, 4.69) is 17.4 Å². The number of nitrogens with zero attached hydrogens (tertiary/aromatic N) is 2. The van der Waals surface area contributed by atoms with E-state index < -0.39 is 0 Å². The fourth-order valence-electron chi connectivity index (χ4n) is 4.04. The highest BCUT2D eigenvalue weighted by Gasteiger charge is 2.35. The van der Waals surface area contributed by atoms with Crippen LogP contribution in [0.3, 0.4) is 0 Å². The fourth-order valence-corrected chi connectivity index (χ4v) is 4.04. The van der Waals surface area contributed by atoms with Gasteiger partial charge < -0.3 is 10.2 Å². The molecule has 5 heteroatoms. The normalized spacial score (nSPS) is 19.6. The third kappa shape index (κ3) is 4.03. The number of amides is 2. The van der Waals surface area contributed by atoms with Crippen LogP contribution < -0.4 is 5.32 Å². The zero-order chi connectivity index (χ0) is 18.6. The van der Waals surface area contributed by atoms with Crippen LogP contribution in [0.2, 0.25) is 0 Å². The van der Waals surface area contributed by atoms with Gasteiger partial charge in [-0.1, -0.05) is 42.5 Å². The molecule has 2 aliphatic heterocycles. The summed E-state index contributed by atoms with van der Waals surface area (Å²) in [5.41, 5.74) is 3.20. The van der Waals surface area contributed by atoms with Gasteiger partial charge in [0.25, 0.3) is 0 Å². The molecule has 2 heterocycles. The molecule has 27 heavy (non-hydrogen) atoms. The van der Waals surface area contributed by atoms with Crippen LogP contribution in [0.1, 0.15) is 24.0 Å². The van der Waals surface area contributed by atoms with E-state index in [0.29, 0.717) is 13.0 Å². The van der Waals surface area contributed by atoms with E-state index in [1.54, 1.807) is 0 Å². The zero-order valence-corrected chi connectivity index (χ0v) is 15.4. The Balaban J connectivity index is 1.51. The molecule has 1 fully saturated rings. The predicted octanol–water partition coefficient (Wildman–Crippen LogP) is 2.67. The van der Waals surface area contributed by atoms with Gasteiger partial charge in [0.2, 0.25) is 11.8 Å². The molecule has 2 aromatic carbocycles. The molecule has 2 aromatic rings. The van der Waals surface area contributed by atoms with Gasteiger partial charge in [0.1, 0.15) is 0 Å². The van der Waals surface area contributed by atoms with Crippen molar-refractivity contribution in [2.45, 2.75) is 31.8 Å². The molecule has 2 amide bonds. The molecule has 0 spiro atoms. The minimum Gasteiger partial charge on any atom is -0.341 e. The lowest BCUT2D eigenvalue weighted by molar-refractivity contribution is -0.137. The Hall–Kier alpha value is -2.66. The zero-order valence-electron chi connectivity index (χ0n) is 15.4. The number of nitrogens with one attached hydrogen (secondary N) is 1. The second-order valence-corrected chi connectivity index (χ2v) is 7.34. The number of anilines is 1. The summed E-state index contributed by atoms with van der Waals surface area (Å²) in [6, 6.07) is 17.4. The number of carbonyl (C=O) groups is 2. The number of likely N-dealkylation sites (tertiary alicyclic amines) is 1. The van der Waals surface area contributed by atoms with Crippen LogP contribution in [-0.4, -0.2) is 47.3 Å². The van der Waals surface area contributed by atoms with Crippen molar-refractivity contribution in [2.24, 2.45) is 0 Å². The molecule has 140 valence electrons. The van der Waals surface area contributed by atoms with Crippen molar-refractivity contribution in [3.63, 3.8) is 0 Å². The average Bonchev–Trinajstić information content (AvgIpc) is 3.22. The van der Waals surface area contributed by atoms with Crippen molar-refractivity contribution < 1.29 is 9.59 Å². The summed E-state index contributed by atoms with van der Waals surface area (Å²) in [6.45, 7) is 2.51. The van der Waals surface area contributed by atoms with Crippen LogP contribution in [-0.2, 0) is 22.6 Å². The first kappa shape index (κ1) is 17.7. The first-order valence-corrected chi connectivity index (χ1v) is 9.65. The minimum atomic E-state index is -0.264.